The average molecular weight is 478 g/mol. The quantitative estimate of drug-likeness (QED) is 0.190. The molecule has 0 spiro atoms. The summed E-state index contributed by atoms with van der Waals surface area (Å²) >= 11 is 0. The molecule has 0 bridgehead atoms. The number of anilines is 1. The Morgan fingerprint density at radius 2 is 2.00 bits per heavy atom. The fourth-order valence-electron chi connectivity index (χ4n) is 3.74. The van der Waals surface area contributed by atoms with E-state index >= 15 is 0 Å². The first-order chi connectivity index (χ1) is 17.0. The van der Waals surface area contributed by atoms with Crippen LogP contribution in [0, 0.1) is 0 Å². The molecule has 1 fully saturated rings. The van der Waals surface area contributed by atoms with Crippen LogP contribution in [0.5, 0.6) is 5.75 Å². The second kappa shape index (κ2) is 10.8. The number of aliphatic imine (C=N–C) groups is 2. The number of rotatable bonds is 8. The molecule has 0 unspecified atom stereocenters. The first-order valence-electron chi connectivity index (χ1n) is 11.0. The number of benzene rings is 1. The van der Waals surface area contributed by atoms with Crippen molar-refractivity contribution in [3.05, 3.63) is 41.9 Å². The molecule has 1 saturated heterocycles. The summed E-state index contributed by atoms with van der Waals surface area (Å²) < 4.78 is 7.14. The van der Waals surface area contributed by atoms with Gasteiger partial charge < -0.3 is 19.5 Å². The van der Waals surface area contributed by atoms with Crippen LogP contribution in [-0.2, 0) is 18.4 Å². The van der Waals surface area contributed by atoms with E-state index in [0.717, 1.165) is 43.3 Å². The van der Waals surface area contributed by atoms with Crippen LogP contribution in [0.2, 0.25) is 0 Å². The number of nitrogens with one attached hydrogen (secondary N) is 2. The second-order valence-electron chi connectivity index (χ2n) is 7.77. The van der Waals surface area contributed by atoms with Crippen molar-refractivity contribution in [2.75, 3.05) is 38.2 Å². The molecule has 3 aromatic rings. The fraction of sp³-hybridized carbons (Fsp3) is 0.304. The Labute approximate surface area is 202 Å². The summed E-state index contributed by atoms with van der Waals surface area (Å²) in [5.74, 6) is 2.02. The average Bonchev–Trinajstić information content (AvgIpc) is 3.22. The van der Waals surface area contributed by atoms with Crippen LogP contribution in [0.4, 0.5) is 5.82 Å². The number of nitrogens with zero attached hydrogens (tertiary/aromatic N) is 7. The molecule has 0 saturated carbocycles. The minimum absolute atomic E-state index is 0.0596. The minimum Gasteiger partial charge on any atom is -0.497 e. The summed E-state index contributed by atoms with van der Waals surface area (Å²) in [4.78, 5) is 36.3. The molecule has 2 aromatic heterocycles. The number of carbonyl (C=O) groups excluding carboxylic acids is 1. The maximum atomic E-state index is 11.7. The van der Waals surface area contributed by atoms with E-state index in [1.165, 1.54) is 12.4 Å². The molecular formula is C23H27N9O3. The third-order valence-corrected chi connectivity index (χ3v) is 5.61. The van der Waals surface area contributed by atoms with Crippen LogP contribution >= 0.6 is 0 Å². The summed E-state index contributed by atoms with van der Waals surface area (Å²) in [6.07, 6.45) is 2.52. The summed E-state index contributed by atoms with van der Waals surface area (Å²) in [7, 11) is 3.50. The van der Waals surface area contributed by atoms with Crippen molar-refractivity contribution in [2.24, 2.45) is 17.0 Å². The van der Waals surface area contributed by atoms with Crippen molar-refractivity contribution in [1.29, 1.82) is 0 Å². The van der Waals surface area contributed by atoms with E-state index < -0.39 is 5.91 Å². The van der Waals surface area contributed by atoms with Gasteiger partial charge in [-0.05, 0) is 31.0 Å². The highest BCUT2D eigenvalue weighted by atomic mass is 16.5. The molecule has 1 aromatic carbocycles. The van der Waals surface area contributed by atoms with Gasteiger partial charge in [0.2, 0.25) is 0 Å². The van der Waals surface area contributed by atoms with Crippen molar-refractivity contribution in [3.8, 4) is 17.1 Å². The van der Waals surface area contributed by atoms with Gasteiger partial charge in [0.05, 0.1) is 19.2 Å². The maximum absolute atomic E-state index is 11.7. The molecule has 3 heterocycles. The number of fused-ring (bicyclic) bond motifs is 1. The highest BCUT2D eigenvalue weighted by Gasteiger charge is 2.22. The molecule has 35 heavy (non-hydrogen) atoms. The Balaban J connectivity index is 1.74. The number of piperazine rings is 1. The number of ether oxygens (including phenoxy) is 1. The Morgan fingerprint density at radius 1 is 1.26 bits per heavy atom. The van der Waals surface area contributed by atoms with Crippen LogP contribution in [0.3, 0.4) is 0 Å². The molecule has 3 N–H and O–H groups in total. The van der Waals surface area contributed by atoms with Gasteiger partial charge in [-0.15, -0.1) is 0 Å². The number of aryl methyl sites for hydroxylation is 1. The highest BCUT2D eigenvalue weighted by Crippen LogP contribution is 2.29. The van der Waals surface area contributed by atoms with Crippen LogP contribution in [-0.4, -0.2) is 76.9 Å². The van der Waals surface area contributed by atoms with Gasteiger partial charge >= 0.3 is 0 Å². The van der Waals surface area contributed by atoms with E-state index in [4.69, 9.17) is 24.9 Å². The fourth-order valence-corrected chi connectivity index (χ4v) is 3.74. The summed E-state index contributed by atoms with van der Waals surface area (Å²) in [5.41, 5.74) is 3.86. The van der Waals surface area contributed by atoms with Gasteiger partial charge in [-0.2, -0.15) is 0 Å². The molecule has 4 rings (SSSR count). The zero-order valence-corrected chi connectivity index (χ0v) is 19.6. The Hall–Kier alpha value is -4.16. The number of aromatic nitrogens is 4. The van der Waals surface area contributed by atoms with Crippen molar-refractivity contribution in [2.45, 2.75) is 6.54 Å². The Bertz CT molecular complexity index is 1280. The first kappa shape index (κ1) is 24.0. The zero-order chi connectivity index (χ0) is 24.8. The standard InChI is InChI=1S/C23H27N9O3/c1-24-12-16(23(33)30-34)13-26-14-18-27-19-21(31(18)2)28-20(15-4-6-17(35-3)7-5-15)29-22(19)32-10-8-25-9-11-32/h4-7,12-13,25,34H,1,8-11,14H2,2-3H3,(H,30,33)/b16-12+,26-13?. The zero-order valence-electron chi connectivity index (χ0n) is 19.6. The number of hydroxylamine groups is 1. The molecule has 12 nitrogen and oxygen atoms in total. The van der Waals surface area contributed by atoms with Crippen molar-refractivity contribution >= 4 is 35.8 Å². The van der Waals surface area contributed by atoms with E-state index in [1.807, 2.05) is 35.9 Å². The number of carbonyl (C=O) groups is 1. The second-order valence-corrected chi connectivity index (χ2v) is 7.77. The lowest BCUT2D eigenvalue weighted by atomic mass is 10.2. The van der Waals surface area contributed by atoms with Crippen LogP contribution in [0.15, 0.2) is 46.0 Å². The highest BCUT2D eigenvalue weighted by molar-refractivity contribution is 6.11. The number of imidazole rings is 1. The van der Waals surface area contributed by atoms with Crippen molar-refractivity contribution < 1.29 is 14.7 Å². The largest absolute Gasteiger partial charge is 0.497 e. The Kier molecular flexibility index (Phi) is 7.43. The number of hydrogen-bond acceptors (Lipinski definition) is 10. The summed E-state index contributed by atoms with van der Waals surface area (Å²) in [6.45, 7) is 6.82. The predicted molar refractivity (Wildman–Crippen MR) is 133 cm³/mol. The molecule has 182 valence electrons. The number of amides is 1. The normalized spacial score (nSPS) is 14.5. The van der Waals surface area contributed by atoms with E-state index in [1.54, 1.807) is 12.6 Å². The van der Waals surface area contributed by atoms with Crippen LogP contribution < -0.4 is 20.4 Å². The van der Waals surface area contributed by atoms with Gasteiger partial charge in [-0.1, -0.05) is 0 Å². The van der Waals surface area contributed by atoms with Gasteiger partial charge in [0.1, 0.15) is 11.6 Å². The van der Waals surface area contributed by atoms with Gasteiger partial charge in [-0.3, -0.25) is 20.0 Å². The van der Waals surface area contributed by atoms with Gasteiger partial charge in [0, 0.05) is 51.2 Å². The minimum atomic E-state index is -0.734. The lowest BCUT2D eigenvalue weighted by molar-refractivity contribution is -0.124. The van der Waals surface area contributed by atoms with Gasteiger partial charge in [0.15, 0.2) is 22.8 Å². The topological polar surface area (TPSA) is 142 Å². The smallest absolute Gasteiger partial charge is 0.277 e. The third-order valence-electron chi connectivity index (χ3n) is 5.61. The van der Waals surface area contributed by atoms with E-state index in [0.29, 0.717) is 22.8 Å². The predicted octanol–water partition coefficient (Wildman–Crippen LogP) is 1.11. The lowest BCUT2D eigenvalue weighted by Crippen LogP contribution is -2.44. The number of methoxy groups -OCH3 is 1. The Morgan fingerprint density at radius 3 is 2.66 bits per heavy atom. The first-order valence-corrected chi connectivity index (χ1v) is 11.0. The van der Waals surface area contributed by atoms with Crippen LogP contribution in [0.1, 0.15) is 5.82 Å². The third kappa shape index (κ3) is 5.18. The summed E-state index contributed by atoms with van der Waals surface area (Å²) in [6, 6.07) is 7.61. The van der Waals surface area contributed by atoms with E-state index in [9.17, 15) is 4.79 Å². The molecular weight excluding hydrogens is 450 g/mol. The van der Waals surface area contributed by atoms with Crippen molar-refractivity contribution in [3.63, 3.8) is 0 Å². The van der Waals surface area contributed by atoms with Crippen molar-refractivity contribution in [1.82, 2.24) is 30.3 Å². The van der Waals surface area contributed by atoms with E-state index in [-0.39, 0.29) is 12.1 Å². The molecule has 0 aliphatic carbocycles. The van der Waals surface area contributed by atoms with Gasteiger partial charge in [-0.25, -0.2) is 20.4 Å². The molecule has 1 amide bonds. The molecule has 1 aliphatic rings. The summed E-state index contributed by atoms with van der Waals surface area (Å²) in [5, 5.41) is 12.2. The van der Waals surface area contributed by atoms with E-state index in [2.05, 4.69) is 26.9 Å². The lowest BCUT2D eigenvalue weighted by Gasteiger charge is -2.28. The molecule has 12 heteroatoms. The molecule has 1 aliphatic heterocycles. The molecule has 0 atom stereocenters. The number of hydrogen-bond donors (Lipinski definition) is 3. The molecule has 0 radical (unpaired) electrons. The van der Waals surface area contributed by atoms with Crippen LogP contribution in [0.25, 0.3) is 22.6 Å². The SMILES string of the molecule is C=N/C=C(\C=NCc1nc2c(N3CCNCC3)nc(-c3ccc(OC)cc3)nc2n1C)C(=O)NO. The van der Waals surface area contributed by atoms with Gasteiger partial charge in [0.25, 0.3) is 5.91 Å². The monoisotopic (exact) mass is 477 g/mol. The maximum Gasteiger partial charge on any atom is 0.277 e.